The average Bonchev–Trinajstić information content (AvgIpc) is 2.60. The number of hydrogen-bond donors (Lipinski definition) is 1. The van der Waals surface area contributed by atoms with Gasteiger partial charge in [-0.05, 0) is 38.2 Å². The van der Waals surface area contributed by atoms with Crippen molar-refractivity contribution >= 4 is 27.5 Å². The number of hydrogen-bond acceptors (Lipinski definition) is 5. The van der Waals surface area contributed by atoms with Crippen LogP contribution in [-0.2, 0) is 10.0 Å². The molecule has 0 aromatic heterocycles. The Bertz CT molecular complexity index is 732. The van der Waals surface area contributed by atoms with E-state index in [4.69, 9.17) is 11.6 Å². The van der Waals surface area contributed by atoms with Gasteiger partial charge in [0.1, 0.15) is 4.90 Å². The molecule has 1 heterocycles. The van der Waals surface area contributed by atoms with Crippen LogP contribution in [-0.4, -0.2) is 88.8 Å². The monoisotopic (exact) mass is 402 g/mol. The van der Waals surface area contributed by atoms with Crippen LogP contribution in [0.5, 0.6) is 0 Å². The summed E-state index contributed by atoms with van der Waals surface area (Å²) in [6, 6.07) is 4.30. The minimum absolute atomic E-state index is 0.0609. The van der Waals surface area contributed by atoms with E-state index < -0.39 is 10.0 Å². The van der Waals surface area contributed by atoms with Gasteiger partial charge in [0.05, 0.1) is 5.02 Å². The first-order valence-corrected chi connectivity index (χ1v) is 10.4. The second-order valence-electron chi connectivity index (χ2n) is 6.69. The Balaban J connectivity index is 1.90. The van der Waals surface area contributed by atoms with E-state index in [2.05, 4.69) is 22.2 Å². The molecule has 1 aliphatic rings. The quantitative estimate of drug-likeness (QED) is 0.688. The Morgan fingerprint density at radius 1 is 1.23 bits per heavy atom. The number of sulfonamides is 1. The smallest absolute Gasteiger partial charge is 0.251 e. The number of rotatable bonds is 7. The lowest BCUT2D eigenvalue weighted by Crippen LogP contribution is -2.45. The topological polar surface area (TPSA) is 73.0 Å². The van der Waals surface area contributed by atoms with Crippen molar-refractivity contribution in [2.45, 2.75) is 11.3 Å². The summed E-state index contributed by atoms with van der Waals surface area (Å²) in [5.41, 5.74) is 0.287. The largest absolute Gasteiger partial charge is 0.352 e. The number of likely N-dealkylation sites (N-methyl/N-ethyl adjacent to an activating group) is 1. The number of nitrogens with zero attached hydrogens (tertiary/aromatic N) is 3. The van der Waals surface area contributed by atoms with E-state index >= 15 is 0 Å². The predicted octanol–water partition coefficient (Wildman–Crippen LogP) is 0.958. The summed E-state index contributed by atoms with van der Waals surface area (Å²) in [5, 5.41) is 2.95. The van der Waals surface area contributed by atoms with Crippen LogP contribution < -0.4 is 5.32 Å². The van der Waals surface area contributed by atoms with Crippen LogP contribution in [0.25, 0.3) is 0 Å². The number of piperazine rings is 1. The van der Waals surface area contributed by atoms with Gasteiger partial charge in [-0.1, -0.05) is 11.6 Å². The lowest BCUT2D eigenvalue weighted by atomic mass is 10.2. The van der Waals surface area contributed by atoms with Crippen molar-refractivity contribution < 1.29 is 13.2 Å². The highest BCUT2D eigenvalue weighted by atomic mass is 35.5. The lowest BCUT2D eigenvalue weighted by Gasteiger charge is -2.32. The highest BCUT2D eigenvalue weighted by molar-refractivity contribution is 7.89. The summed E-state index contributed by atoms with van der Waals surface area (Å²) in [6.07, 6.45) is 0.853. The highest BCUT2D eigenvalue weighted by Crippen LogP contribution is 2.24. The predicted molar refractivity (Wildman–Crippen MR) is 103 cm³/mol. The minimum Gasteiger partial charge on any atom is -0.352 e. The number of carbonyl (C=O) groups is 1. The van der Waals surface area contributed by atoms with Gasteiger partial charge >= 0.3 is 0 Å². The van der Waals surface area contributed by atoms with E-state index in [1.54, 1.807) is 0 Å². The molecule has 0 unspecified atom stereocenters. The number of halogens is 1. The van der Waals surface area contributed by atoms with Gasteiger partial charge in [0.25, 0.3) is 5.91 Å². The standard InChI is InChI=1S/C17H27ClN4O3S/c1-20(2)26(24,25)16-13-14(5-6-15(16)18)17(23)19-7-4-8-22-11-9-21(3)10-12-22/h5-6,13H,4,7-12H2,1-3H3,(H,19,23). The number of amides is 1. The molecule has 7 nitrogen and oxygen atoms in total. The third-order valence-electron chi connectivity index (χ3n) is 4.48. The first kappa shape index (κ1) is 21.1. The second kappa shape index (κ2) is 9.14. The Morgan fingerprint density at radius 2 is 1.88 bits per heavy atom. The molecular formula is C17H27ClN4O3S. The summed E-state index contributed by atoms with van der Waals surface area (Å²) < 4.78 is 25.6. The SMILES string of the molecule is CN1CCN(CCCNC(=O)c2ccc(Cl)c(S(=O)(=O)N(C)C)c2)CC1. The van der Waals surface area contributed by atoms with Crippen molar-refractivity contribution in [3.8, 4) is 0 Å². The third-order valence-corrected chi connectivity index (χ3v) is 6.78. The molecule has 9 heteroatoms. The van der Waals surface area contributed by atoms with E-state index in [1.165, 1.54) is 32.3 Å². The molecular weight excluding hydrogens is 376 g/mol. The van der Waals surface area contributed by atoms with E-state index in [0.29, 0.717) is 6.54 Å². The van der Waals surface area contributed by atoms with Crippen molar-refractivity contribution in [1.82, 2.24) is 19.4 Å². The molecule has 0 saturated carbocycles. The fourth-order valence-corrected chi connectivity index (χ4v) is 4.11. The van der Waals surface area contributed by atoms with Gasteiger partial charge < -0.3 is 15.1 Å². The molecule has 1 aromatic rings. The Morgan fingerprint density at radius 3 is 2.50 bits per heavy atom. The fraction of sp³-hybridized carbons (Fsp3) is 0.588. The van der Waals surface area contributed by atoms with Crippen LogP contribution in [0.3, 0.4) is 0 Å². The van der Waals surface area contributed by atoms with Crippen LogP contribution in [0.15, 0.2) is 23.1 Å². The van der Waals surface area contributed by atoms with Crippen LogP contribution in [0.4, 0.5) is 0 Å². The molecule has 1 saturated heterocycles. The van der Waals surface area contributed by atoms with E-state index in [9.17, 15) is 13.2 Å². The van der Waals surface area contributed by atoms with Crippen molar-refractivity contribution in [2.75, 3.05) is 60.4 Å². The van der Waals surface area contributed by atoms with Crippen LogP contribution in [0.2, 0.25) is 5.02 Å². The Kier molecular flexibility index (Phi) is 7.42. The van der Waals surface area contributed by atoms with Gasteiger partial charge in [0.15, 0.2) is 0 Å². The van der Waals surface area contributed by atoms with Crippen LogP contribution >= 0.6 is 11.6 Å². The van der Waals surface area contributed by atoms with Crippen molar-refractivity contribution in [3.63, 3.8) is 0 Å². The summed E-state index contributed by atoms with van der Waals surface area (Å²) in [7, 11) is 1.28. The van der Waals surface area contributed by atoms with Crippen molar-refractivity contribution in [2.24, 2.45) is 0 Å². The first-order chi connectivity index (χ1) is 12.2. The molecule has 1 fully saturated rings. The number of carbonyl (C=O) groups excluding carboxylic acids is 1. The summed E-state index contributed by atoms with van der Waals surface area (Å²) in [5.74, 6) is -0.296. The third kappa shape index (κ3) is 5.40. The molecule has 0 radical (unpaired) electrons. The van der Waals surface area contributed by atoms with Gasteiger partial charge in [-0.3, -0.25) is 4.79 Å². The first-order valence-electron chi connectivity index (χ1n) is 8.63. The summed E-state index contributed by atoms with van der Waals surface area (Å²) in [6.45, 7) is 5.72. The molecule has 146 valence electrons. The van der Waals surface area contributed by atoms with Gasteiger partial charge in [-0.25, -0.2) is 12.7 Å². The molecule has 0 atom stereocenters. The van der Waals surface area contributed by atoms with Gasteiger partial charge in [0.2, 0.25) is 10.0 Å². The van der Waals surface area contributed by atoms with Crippen molar-refractivity contribution in [1.29, 1.82) is 0 Å². The number of benzene rings is 1. The summed E-state index contributed by atoms with van der Waals surface area (Å²) in [4.78, 5) is 16.9. The second-order valence-corrected chi connectivity index (χ2v) is 9.21. The molecule has 26 heavy (non-hydrogen) atoms. The molecule has 0 bridgehead atoms. The van der Waals surface area contributed by atoms with Crippen LogP contribution in [0.1, 0.15) is 16.8 Å². The van der Waals surface area contributed by atoms with Gasteiger partial charge in [-0.15, -0.1) is 0 Å². The molecule has 1 aliphatic heterocycles. The van der Waals surface area contributed by atoms with Crippen LogP contribution in [0, 0.1) is 0 Å². The van der Waals surface area contributed by atoms with Gasteiger partial charge in [-0.2, -0.15) is 0 Å². The minimum atomic E-state index is -3.70. The average molecular weight is 403 g/mol. The van der Waals surface area contributed by atoms with Crippen molar-refractivity contribution in [3.05, 3.63) is 28.8 Å². The molecule has 0 spiro atoms. The summed E-state index contributed by atoms with van der Waals surface area (Å²) >= 11 is 6.01. The Hall–Kier alpha value is -1.19. The highest BCUT2D eigenvalue weighted by Gasteiger charge is 2.22. The van der Waals surface area contributed by atoms with E-state index in [-0.39, 0.29) is 21.4 Å². The maximum atomic E-state index is 12.3. The normalized spacial score (nSPS) is 16.8. The zero-order chi connectivity index (χ0) is 19.3. The maximum Gasteiger partial charge on any atom is 0.251 e. The van der Waals surface area contributed by atoms with E-state index in [0.717, 1.165) is 43.4 Å². The Labute approximate surface area is 160 Å². The molecule has 1 N–H and O–H groups in total. The van der Waals surface area contributed by atoms with E-state index in [1.807, 2.05) is 0 Å². The maximum absolute atomic E-state index is 12.3. The molecule has 0 aliphatic carbocycles. The van der Waals surface area contributed by atoms with Gasteiger partial charge in [0, 0.05) is 52.4 Å². The fourth-order valence-electron chi connectivity index (χ4n) is 2.72. The lowest BCUT2D eigenvalue weighted by molar-refractivity contribution is 0.0949. The zero-order valence-electron chi connectivity index (χ0n) is 15.5. The molecule has 1 amide bonds. The molecule has 1 aromatic carbocycles. The molecule has 2 rings (SSSR count). The number of nitrogens with one attached hydrogen (secondary N) is 1. The zero-order valence-corrected chi connectivity index (χ0v) is 17.1.